The van der Waals surface area contributed by atoms with Gasteiger partial charge in [-0.25, -0.2) is 4.98 Å². The Morgan fingerprint density at radius 2 is 2.32 bits per heavy atom. The summed E-state index contributed by atoms with van der Waals surface area (Å²) in [6, 6.07) is 7.45. The normalized spacial score (nSPS) is 10.4. The lowest BCUT2D eigenvalue weighted by molar-refractivity contribution is 0.681. The fraction of sp³-hybridized carbons (Fsp3) is 0.286. The van der Waals surface area contributed by atoms with Gasteiger partial charge in [-0.3, -0.25) is 0 Å². The Balaban J connectivity index is 1.81. The van der Waals surface area contributed by atoms with Gasteiger partial charge in [0.25, 0.3) is 0 Å². The van der Waals surface area contributed by atoms with E-state index >= 15 is 0 Å². The minimum Gasteiger partial charge on any atom is -0.312 e. The predicted molar refractivity (Wildman–Crippen MR) is 78.4 cm³/mol. The van der Waals surface area contributed by atoms with Gasteiger partial charge in [0, 0.05) is 29.9 Å². The van der Waals surface area contributed by atoms with Crippen molar-refractivity contribution in [2.75, 3.05) is 6.54 Å². The van der Waals surface area contributed by atoms with Crippen molar-refractivity contribution >= 4 is 22.9 Å². The van der Waals surface area contributed by atoms with E-state index in [1.54, 1.807) is 23.5 Å². The Labute approximate surface area is 121 Å². The van der Waals surface area contributed by atoms with Crippen LogP contribution in [0, 0.1) is 18.3 Å². The number of hydrogen-bond acceptors (Lipinski definition) is 4. The zero-order valence-electron chi connectivity index (χ0n) is 10.6. The average Bonchev–Trinajstić information content (AvgIpc) is 2.82. The van der Waals surface area contributed by atoms with Gasteiger partial charge in [-0.2, -0.15) is 5.26 Å². The van der Waals surface area contributed by atoms with E-state index in [1.165, 1.54) is 0 Å². The van der Waals surface area contributed by atoms with Crippen LogP contribution >= 0.6 is 22.9 Å². The monoisotopic (exact) mass is 291 g/mol. The van der Waals surface area contributed by atoms with E-state index in [1.807, 2.05) is 13.0 Å². The van der Waals surface area contributed by atoms with Gasteiger partial charge in [-0.05, 0) is 24.6 Å². The summed E-state index contributed by atoms with van der Waals surface area (Å²) >= 11 is 7.78. The summed E-state index contributed by atoms with van der Waals surface area (Å²) in [5, 5.41) is 15.9. The summed E-state index contributed by atoms with van der Waals surface area (Å²) in [6.45, 7) is 3.57. The number of nitrogens with one attached hydrogen (secondary N) is 1. The quantitative estimate of drug-likeness (QED) is 0.860. The largest absolute Gasteiger partial charge is 0.312 e. The van der Waals surface area contributed by atoms with Crippen molar-refractivity contribution in [3.05, 3.63) is 50.4 Å². The van der Waals surface area contributed by atoms with E-state index in [2.05, 4.69) is 21.8 Å². The summed E-state index contributed by atoms with van der Waals surface area (Å²) in [7, 11) is 0. The number of benzene rings is 1. The molecular weight excluding hydrogens is 278 g/mol. The maximum absolute atomic E-state index is 8.76. The number of aryl methyl sites for hydroxylation is 1. The van der Waals surface area contributed by atoms with Gasteiger partial charge in [-0.1, -0.05) is 17.7 Å². The van der Waals surface area contributed by atoms with Crippen molar-refractivity contribution in [3.63, 3.8) is 0 Å². The minimum absolute atomic E-state index is 0.590. The molecule has 98 valence electrons. The molecule has 2 aromatic rings. The van der Waals surface area contributed by atoms with Gasteiger partial charge in [0.15, 0.2) is 0 Å². The molecule has 2 rings (SSSR count). The summed E-state index contributed by atoms with van der Waals surface area (Å²) < 4.78 is 0. The fourth-order valence-electron chi connectivity index (χ4n) is 1.72. The molecule has 0 atom stereocenters. The first-order chi connectivity index (χ1) is 9.19. The van der Waals surface area contributed by atoms with Crippen molar-refractivity contribution in [1.82, 2.24) is 10.3 Å². The van der Waals surface area contributed by atoms with Crippen LogP contribution in [0.3, 0.4) is 0 Å². The summed E-state index contributed by atoms with van der Waals surface area (Å²) in [4.78, 5) is 4.41. The SMILES string of the molecule is Cc1nc(CCNCc2ccc(C#N)cc2Cl)cs1. The van der Waals surface area contributed by atoms with Gasteiger partial charge >= 0.3 is 0 Å². The molecule has 1 heterocycles. The molecule has 0 saturated carbocycles. The van der Waals surface area contributed by atoms with Gasteiger partial charge in [0.1, 0.15) is 0 Å². The molecule has 0 aliphatic heterocycles. The predicted octanol–water partition coefficient (Wildman–Crippen LogP) is 3.31. The highest BCUT2D eigenvalue weighted by Gasteiger charge is 2.02. The van der Waals surface area contributed by atoms with Crippen molar-refractivity contribution in [2.45, 2.75) is 19.9 Å². The Hall–Kier alpha value is -1.41. The zero-order chi connectivity index (χ0) is 13.7. The highest BCUT2D eigenvalue weighted by molar-refractivity contribution is 7.09. The van der Waals surface area contributed by atoms with Crippen molar-refractivity contribution in [1.29, 1.82) is 5.26 Å². The third kappa shape index (κ3) is 4.03. The average molecular weight is 292 g/mol. The van der Waals surface area contributed by atoms with E-state index in [-0.39, 0.29) is 0 Å². The fourth-order valence-corrected chi connectivity index (χ4v) is 2.62. The van der Waals surface area contributed by atoms with Gasteiger partial charge in [0.05, 0.1) is 22.3 Å². The molecule has 0 radical (unpaired) electrons. The zero-order valence-corrected chi connectivity index (χ0v) is 12.2. The Morgan fingerprint density at radius 3 is 2.95 bits per heavy atom. The number of thiazole rings is 1. The molecule has 3 nitrogen and oxygen atoms in total. The number of halogens is 1. The van der Waals surface area contributed by atoms with E-state index in [0.717, 1.165) is 29.2 Å². The van der Waals surface area contributed by atoms with E-state index in [9.17, 15) is 0 Å². The van der Waals surface area contributed by atoms with Crippen LogP contribution in [0.2, 0.25) is 5.02 Å². The number of aromatic nitrogens is 1. The van der Waals surface area contributed by atoms with Crippen LogP contribution in [0.1, 0.15) is 21.8 Å². The molecule has 5 heteroatoms. The molecule has 0 aliphatic rings. The molecule has 0 unspecified atom stereocenters. The molecule has 0 fully saturated rings. The summed E-state index contributed by atoms with van der Waals surface area (Å²) in [5.74, 6) is 0. The minimum atomic E-state index is 0.590. The number of nitriles is 1. The van der Waals surface area contributed by atoms with Gasteiger partial charge in [-0.15, -0.1) is 11.3 Å². The molecule has 19 heavy (non-hydrogen) atoms. The molecule has 1 aromatic heterocycles. The maximum Gasteiger partial charge on any atom is 0.0992 e. The Bertz CT molecular complexity index is 601. The van der Waals surface area contributed by atoms with Crippen LogP contribution in [-0.4, -0.2) is 11.5 Å². The van der Waals surface area contributed by atoms with Crippen LogP contribution in [0.15, 0.2) is 23.6 Å². The molecule has 0 spiro atoms. The van der Waals surface area contributed by atoms with Crippen molar-refractivity contribution < 1.29 is 0 Å². The molecule has 0 bridgehead atoms. The first-order valence-corrected chi connectivity index (χ1v) is 7.25. The van der Waals surface area contributed by atoms with E-state index in [4.69, 9.17) is 16.9 Å². The molecular formula is C14H14ClN3S. The maximum atomic E-state index is 8.76. The molecule has 0 saturated heterocycles. The first kappa shape index (κ1) is 14.0. The van der Waals surface area contributed by atoms with Crippen molar-refractivity contribution in [2.24, 2.45) is 0 Å². The lowest BCUT2D eigenvalue weighted by Gasteiger charge is -2.06. The molecule has 0 aliphatic carbocycles. The second-order valence-corrected chi connectivity index (χ2v) is 5.67. The molecule has 0 amide bonds. The van der Waals surface area contributed by atoms with Gasteiger partial charge in [0.2, 0.25) is 0 Å². The molecule has 1 N–H and O–H groups in total. The van der Waals surface area contributed by atoms with Crippen LogP contribution < -0.4 is 5.32 Å². The Morgan fingerprint density at radius 1 is 1.47 bits per heavy atom. The number of hydrogen-bond donors (Lipinski definition) is 1. The topological polar surface area (TPSA) is 48.7 Å². The third-order valence-electron chi connectivity index (χ3n) is 2.72. The number of nitrogens with zero attached hydrogens (tertiary/aromatic N) is 2. The van der Waals surface area contributed by atoms with Crippen molar-refractivity contribution in [3.8, 4) is 6.07 Å². The smallest absolute Gasteiger partial charge is 0.0992 e. The Kier molecular flexibility index (Phi) is 4.92. The first-order valence-electron chi connectivity index (χ1n) is 5.99. The highest BCUT2D eigenvalue weighted by Crippen LogP contribution is 2.17. The summed E-state index contributed by atoms with van der Waals surface area (Å²) in [6.07, 6.45) is 0.915. The van der Waals surface area contributed by atoms with Crippen LogP contribution in [0.5, 0.6) is 0 Å². The second-order valence-electron chi connectivity index (χ2n) is 4.20. The second kappa shape index (κ2) is 6.67. The highest BCUT2D eigenvalue weighted by atomic mass is 35.5. The lowest BCUT2D eigenvalue weighted by atomic mass is 10.1. The molecule has 1 aromatic carbocycles. The van der Waals surface area contributed by atoms with E-state index in [0.29, 0.717) is 17.1 Å². The summed E-state index contributed by atoms with van der Waals surface area (Å²) in [5.41, 5.74) is 2.72. The van der Waals surface area contributed by atoms with Gasteiger partial charge < -0.3 is 5.32 Å². The van der Waals surface area contributed by atoms with Crippen LogP contribution in [0.25, 0.3) is 0 Å². The third-order valence-corrected chi connectivity index (χ3v) is 3.90. The van der Waals surface area contributed by atoms with Crippen LogP contribution in [-0.2, 0) is 13.0 Å². The lowest BCUT2D eigenvalue weighted by Crippen LogP contribution is -2.17. The standard InChI is InChI=1S/C14H14ClN3S/c1-10-18-13(9-19-10)4-5-17-8-12-3-2-11(7-16)6-14(12)15/h2-3,6,9,17H,4-5,8H2,1H3. The van der Waals surface area contributed by atoms with Crippen LogP contribution in [0.4, 0.5) is 0 Å². The van der Waals surface area contributed by atoms with E-state index < -0.39 is 0 Å². The number of rotatable bonds is 5.